The first-order valence-electron chi connectivity index (χ1n) is 9.39. The van der Waals surface area contributed by atoms with Crippen molar-refractivity contribution in [2.24, 2.45) is 0 Å². The number of nitrogens with one attached hydrogen (secondary N) is 2. The van der Waals surface area contributed by atoms with Crippen LogP contribution in [0.15, 0.2) is 35.0 Å². The Bertz CT molecular complexity index is 1090. The highest BCUT2D eigenvalue weighted by Gasteiger charge is 2.15. The third-order valence-electron chi connectivity index (χ3n) is 4.32. The van der Waals surface area contributed by atoms with E-state index in [0.29, 0.717) is 46.2 Å². The van der Waals surface area contributed by atoms with E-state index in [2.05, 4.69) is 25.6 Å². The largest absolute Gasteiger partial charge is 0.493 e. The summed E-state index contributed by atoms with van der Waals surface area (Å²) in [7, 11) is 1.53. The van der Waals surface area contributed by atoms with Crippen molar-refractivity contribution in [1.82, 2.24) is 20.9 Å². The number of amides is 1. The van der Waals surface area contributed by atoms with Crippen molar-refractivity contribution in [3.8, 4) is 11.5 Å². The van der Waals surface area contributed by atoms with Crippen LogP contribution in [0.1, 0.15) is 21.6 Å². The van der Waals surface area contributed by atoms with Gasteiger partial charge in [-0.2, -0.15) is 0 Å². The number of anilines is 1. The van der Waals surface area contributed by atoms with E-state index in [1.807, 2.05) is 6.07 Å². The molecule has 170 valence electrons. The van der Waals surface area contributed by atoms with Gasteiger partial charge < -0.3 is 25.8 Å². The van der Waals surface area contributed by atoms with Gasteiger partial charge in [0, 0.05) is 35.2 Å². The Labute approximate surface area is 199 Å². The minimum absolute atomic E-state index is 0.0444. The number of hydrogen-bond donors (Lipinski definition) is 3. The topological polar surface area (TPSA) is 125 Å². The highest BCUT2D eigenvalue weighted by molar-refractivity contribution is 6.35. The van der Waals surface area contributed by atoms with E-state index in [9.17, 15) is 4.79 Å². The van der Waals surface area contributed by atoms with Gasteiger partial charge in [0.15, 0.2) is 11.5 Å². The van der Waals surface area contributed by atoms with Gasteiger partial charge in [-0.25, -0.2) is 4.63 Å². The first kappa shape index (κ1) is 23.9. The van der Waals surface area contributed by atoms with E-state index >= 15 is 0 Å². The number of ether oxygens (including phenoxy) is 2. The molecule has 3 rings (SSSR count). The van der Waals surface area contributed by atoms with Crippen molar-refractivity contribution >= 4 is 46.5 Å². The van der Waals surface area contributed by atoms with Crippen molar-refractivity contribution in [2.45, 2.75) is 13.2 Å². The van der Waals surface area contributed by atoms with Crippen molar-refractivity contribution < 1.29 is 18.9 Å². The second-order valence-corrected chi connectivity index (χ2v) is 7.82. The van der Waals surface area contributed by atoms with Crippen LogP contribution in [0, 0.1) is 0 Å². The maximum absolute atomic E-state index is 11.9. The van der Waals surface area contributed by atoms with Crippen LogP contribution in [0.2, 0.25) is 15.1 Å². The summed E-state index contributed by atoms with van der Waals surface area (Å²) in [5, 5.41) is 14.1. The Morgan fingerprint density at radius 2 is 1.94 bits per heavy atom. The van der Waals surface area contributed by atoms with Crippen LogP contribution in [0.5, 0.6) is 11.5 Å². The summed E-state index contributed by atoms with van der Waals surface area (Å²) >= 11 is 18.5. The van der Waals surface area contributed by atoms with E-state index in [4.69, 9.17) is 50.0 Å². The molecule has 3 aromatic rings. The second kappa shape index (κ2) is 11.2. The Morgan fingerprint density at radius 3 is 2.62 bits per heavy atom. The summed E-state index contributed by atoms with van der Waals surface area (Å²) in [6, 6.07) is 8.76. The molecule has 12 heteroatoms. The maximum Gasteiger partial charge on any atom is 0.277 e. The molecule has 1 aromatic heterocycles. The van der Waals surface area contributed by atoms with Crippen molar-refractivity contribution in [1.29, 1.82) is 0 Å². The van der Waals surface area contributed by atoms with E-state index < -0.39 is 5.91 Å². The Hall–Kier alpha value is -2.72. The number of nitrogens with two attached hydrogens (primary N) is 1. The number of benzene rings is 2. The number of nitrogens with zero attached hydrogens (tertiary/aromatic N) is 2. The average Bonchev–Trinajstić information content (AvgIpc) is 3.19. The molecule has 4 N–H and O–H groups in total. The number of halogens is 3. The van der Waals surface area contributed by atoms with Gasteiger partial charge in [0.05, 0.1) is 12.1 Å². The van der Waals surface area contributed by atoms with Gasteiger partial charge in [-0.1, -0.05) is 40.9 Å². The fourth-order valence-electron chi connectivity index (χ4n) is 2.74. The van der Waals surface area contributed by atoms with Gasteiger partial charge >= 0.3 is 0 Å². The Balaban J connectivity index is 1.52. The lowest BCUT2D eigenvalue weighted by Crippen LogP contribution is -2.32. The molecule has 1 heterocycles. The monoisotopic (exact) mass is 499 g/mol. The molecule has 1 amide bonds. The number of methoxy groups -OCH3 is 1. The highest BCUT2D eigenvalue weighted by Crippen LogP contribution is 2.37. The molecule has 2 aromatic carbocycles. The maximum atomic E-state index is 11.9. The summed E-state index contributed by atoms with van der Waals surface area (Å²) < 4.78 is 15.7. The third kappa shape index (κ3) is 6.17. The average molecular weight is 501 g/mol. The lowest BCUT2D eigenvalue weighted by atomic mass is 10.2. The van der Waals surface area contributed by atoms with Crippen LogP contribution in [0.3, 0.4) is 0 Å². The van der Waals surface area contributed by atoms with Crippen molar-refractivity contribution in [3.63, 3.8) is 0 Å². The lowest BCUT2D eigenvalue weighted by molar-refractivity contribution is 0.0944. The summed E-state index contributed by atoms with van der Waals surface area (Å²) in [6.45, 7) is 1.53. The predicted molar refractivity (Wildman–Crippen MR) is 122 cm³/mol. The molecule has 0 saturated carbocycles. The first-order valence-corrected chi connectivity index (χ1v) is 10.5. The molecule has 0 spiro atoms. The number of carbonyl (C=O) groups is 1. The summed E-state index contributed by atoms with van der Waals surface area (Å²) in [5.41, 5.74) is 7.08. The van der Waals surface area contributed by atoms with Crippen molar-refractivity contribution in [2.75, 3.05) is 25.9 Å². The van der Waals surface area contributed by atoms with Gasteiger partial charge in [-0.3, -0.25) is 4.79 Å². The molecular formula is C20H20Cl3N5O4. The van der Waals surface area contributed by atoms with E-state index in [1.54, 1.807) is 24.3 Å². The Morgan fingerprint density at radius 1 is 1.12 bits per heavy atom. The van der Waals surface area contributed by atoms with Crippen LogP contribution in [0.25, 0.3) is 0 Å². The smallest absolute Gasteiger partial charge is 0.277 e. The zero-order chi connectivity index (χ0) is 23.1. The number of hydrogen-bond acceptors (Lipinski definition) is 8. The number of aromatic nitrogens is 2. The minimum Gasteiger partial charge on any atom is -0.493 e. The van der Waals surface area contributed by atoms with E-state index in [0.717, 1.165) is 11.1 Å². The number of rotatable bonds is 10. The third-order valence-corrected chi connectivity index (χ3v) is 5.19. The molecule has 0 aliphatic rings. The van der Waals surface area contributed by atoms with Gasteiger partial charge in [-0.15, -0.1) is 0 Å². The summed E-state index contributed by atoms with van der Waals surface area (Å²) in [6.07, 6.45) is 0. The quantitative estimate of drug-likeness (QED) is 0.360. The lowest BCUT2D eigenvalue weighted by Gasteiger charge is -2.15. The fourth-order valence-corrected chi connectivity index (χ4v) is 3.49. The molecule has 0 bridgehead atoms. The molecule has 9 nitrogen and oxygen atoms in total. The van der Waals surface area contributed by atoms with Crippen molar-refractivity contribution in [3.05, 3.63) is 62.2 Å². The van der Waals surface area contributed by atoms with E-state index in [1.165, 1.54) is 7.11 Å². The molecule has 0 fully saturated rings. The summed E-state index contributed by atoms with van der Waals surface area (Å²) in [5.74, 6) is 0.382. The fraction of sp³-hybridized carbons (Fsp3) is 0.250. The number of nitrogen functional groups attached to an aromatic ring is 1. The standard InChI is InChI=1S/C20H20Cl3N5O4/c1-30-16-7-11(9-25-4-5-26-20(29)17-19(24)28-32-27-17)6-15(23)18(16)31-10-12-2-3-13(21)8-14(12)22/h2-3,6-8,25H,4-5,9-10H2,1H3,(H2,24,28)(H,26,29). The normalized spacial score (nSPS) is 10.8. The SMILES string of the molecule is COc1cc(CNCCNC(=O)c2nonc2N)cc(Cl)c1OCc1ccc(Cl)cc1Cl. The molecule has 0 aliphatic heterocycles. The zero-order valence-electron chi connectivity index (χ0n) is 17.0. The predicted octanol–water partition coefficient (Wildman–Crippen LogP) is 3.72. The molecule has 0 saturated heterocycles. The molecule has 0 radical (unpaired) electrons. The number of carbonyl (C=O) groups excluding carboxylic acids is 1. The Kier molecular flexibility index (Phi) is 8.40. The van der Waals surface area contributed by atoms with Crippen LogP contribution >= 0.6 is 34.8 Å². The van der Waals surface area contributed by atoms with Crippen LogP contribution in [-0.4, -0.2) is 36.4 Å². The first-order chi connectivity index (χ1) is 15.4. The second-order valence-electron chi connectivity index (χ2n) is 6.56. The zero-order valence-corrected chi connectivity index (χ0v) is 19.2. The molecule has 0 unspecified atom stereocenters. The molecule has 0 aliphatic carbocycles. The molecule has 32 heavy (non-hydrogen) atoms. The highest BCUT2D eigenvalue weighted by atomic mass is 35.5. The van der Waals surface area contributed by atoms with Crippen LogP contribution in [-0.2, 0) is 13.2 Å². The molecular weight excluding hydrogens is 481 g/mol. The minimum atomic E-state index is -0.461. The van der Waals surface area contributed by atoms with Gasteiger partial charge in [0.25, 0.3) is 5.91 Å². The van der Waals surface area contributed by atoms with Gasteiger partial charge in [0.2, 0.25) is 11.5 Å². The summed E-state index contributed by atoms with van der Waals surface area (Å²) in [4.78, 5) is 11.9. The van der Waals surface area contributed by atoms with Gasteiger partial charge in [0.1, 0.15) is 6.61 Å². The van der Waals surface area contributed by atoms with E-state index in [-0.39, 0.29) is 18.1 Å². The van der Waals surface area contributed by atoms with Crippen LogP contribution < -0.4 is 25.8 Å². The molecule has 0 atom stereocenters. The van der Waals surface area contributed by atoms with Crippen LogP contribution in [0.4, 0.5) is 5.82 Å². The van der Waals surface area contributed by atoms with Gasteiger partial charge in [-0.05, 0) is 40.1 Å².